The summed E-state index contributed by atoms with van der Waals surface area (Å²) in [5, 5.41) is 2.91. The first kappa shape index (κ1) is 17.1. The third-order valence-corrected chi connectivity index (χ3v) is 4.87. The SMILES string of the molecule is NC(=O)Cc1ccc(NC(=O)C2(c3ccccc3F)CCCC2)cc1. The van der Waals surface area contributed by atoms with Crippen molar-refractivity contribution in [3.8, 4) is 0 Å². The van der Waals surface area contributed by atoms with Crippen LogP contribution in [0.1, 0.15) is 36.8 Å². The molecule has 0 saturated heterocycles. The average Bonchev–Trinajstić information content (AvgIpc) is 3.07. The number of anilines is 1. The molecule has 1 aliphatic rings. The standard InChI is InChI=1S/C20H21FN2O2/c21-17-6-2-1-5-16(17)20(11-3-4-12-20)19(25)23-15-9-7-14(8-10-15)13-18(22)24/h1-2,5-10H,3-4,11-13H2,(H2,22,24)(H,23,25). The molecule has 3 rings (SSSR count). The smallest absolute Gasteiger partial charge is 0.235 e. The quantitative estimate of drug-likeness (QED) is 0.876. The fraction of sp³-hybridized carbons (Fsp3) is 0.300. The van der Waals surface area contributed by atoms with Gasteiger partial charge in [-0.3, -0.25) is 9.59 Å². The van der Waals surface area contributed by atoms with Gasteiger partial charge in [-0.05, 0) is 36.6 Å². The number of nitrogens with two attached hydrogens (primary N) is 1. The first-order valence-corrected chi connectivity index (χ1v) is 8.45. The van der Waals surface area contributed by atoms with Gasteiger partial charge in [0.2, 0.25) is 11.8 Å². The Labute approximate surface area is 146 Å². The fourth-order valence-electron chi connectivity index (χ4n) is 3.60. The molecule has 5 heteroatoms. The lowest BCUT2D eigenvalue weighted by atomic mass is 9.77. The molecule has 2 aromatic carbocycles. The molecule has 0 radical (unpaired) electrons. The lowest BCUT2D eigenvalue weighted by Crippen LogP contribution is -2.38. The normalized spacial score (nSPS) is 15.7. The van der Waals surface area contributed by atoms with Gasteiger partial charge in [0, 0.05) is 11.3 Å². The highest BCUT2D eigenvalue weighted by Gasteiger charge is 2.44. The number of halogens is 1. The molecule has 1 fully saturated rings. The zero-order valence-electron chi connectivity index (χ0n) is 13.9. The summed E-state index contributed by atoms with van der Waals surface area (Å²) in [7, 11) is 0. The number of primary amides is 1. The molecule has 2 aromatic rings. The van der Waals surface area contributed by atoms with E-state index in [0.717, 1.165) is 18.4 Å². The van der Waals surface area contributed by atoms with E-state index >= 15 is 0 Å². The molecule has 0 aliphatic heterocycles. The van der Waals surface area contributed by atoms with Gasteiger partial charge in [0.15, 0.2) is 0 Å². The van der Waals surface area contributed by atoms with Crippen molar-refractivity contribution in [2.24, 2.45) is 5.73 Å². The monoisotopic (exact) mass is 340 g/mol. The maximum absolute atomic E-state index is 14.3. The van der Waals surface area contributed by atoms with E-state index in [9.17, 15) is 14.0 Å². The van der Waals surface area contributed by atoms with Gasteiger partial charge in [-0.1, -0.05) is 43.2 Å². The Bertz CT molecular complexity index is 781. The second-order valence-corrected chi connectivity index (χ2v) is 6.56. The van der Waals surface area contributed by atoms with Crippen LogP contribution in [0.25, 0.3) is 0 Å². The number of rotatable bonds is 5. The molecule has 1 aliphatic carbocycles. The van der Waals surface area contributed by atoms with Gasteiger partial charge in [-0.15, -0.1) is 0 Å². The van der Waals surface area contributed by atoms with Crippen molar-refractivity contribution in [3.63, 3.8) is 0 Å². The number of carbonyl (C=O) groups is 2. The number of amides is 2. The Morgan fingerprint density at radius 1 is 1.04 bits per heavy atom. The maximum atomic E-state index is 14.3. The molecule has 130 valence electrons. The summed E-state index contributed by atoms with van der Waals surface area (Å²) in [6.07, 6.45) is 3.24. The highest BCUT2D eigenvalue weighted by Crippen LogP contribution is 2.43. The van der Waals surface area contributed by atoms with Crippen molar-refractivity contribution in [2.45, 2.75) is 37.5 Å². The minimum absolute atomic E-state index is 0.160. The molecule has 25 heavy (non-hydrogen) atoms. The third kappa shape index (κ3) is 3.55. The number of nitrogens with one attached hydrogen (secondary N) is 1. The Kier molecular flexibility index (Phi) is 4.83. The van der Waals surface area contributed by atoms with E-state index in [-0.39, 0.29) is 18.1 Å². The summed E-state index contributed by atoms with van der Waals surface area (Å²) < 4.78 is 14.3. The lowest BCUT2D eigenvalue weighted by Gasteiger charge is -2.28. The van der Waals surface area contributed by atoms with Gasteiger partial charge in [0.05, 0.1) is 11.8 Å². The second-order valence-electron chi connectivity index (χ2n) is 6.56. The average molecular weight is 340 g/mol. The van der Waals surface area contributed by atoms with E-state index < -0.39 is 11.3 Å². The molecule has 2 amide bonds. The number of hydrogen-bond donors (Lipinski definition) is 2. The zero-order chi connectivity index (χ0) is 17.9. The minimum Gasteiger partial charge on any atom is -0.369 e. The van der Waals surface area contributed by atoms with Gasteiger partial charge < -0.3 is 11.1 Å². The predicted molar refractivity (Wildman–Crippen MR) is 94.5 cm³/mol. The van der Waals surface area contributed by atoms with Crippen LogP contribution >= 0.6 is 0 Å². The van der Waals surface area contributed by atoms with Crippen molar-refractivity contribution < 1.29 is 14.0 Å². The second kappa shape index (κ2) is 7.05. The molecule has 4 nitrogen and oxygen atoms in total. The van der Waals surface area contributed by atoms with Crippen molar-refractivity contribution in [2.75, 3.05) is 5.32 Å². The van der Waals surface area contributed by atoms with Gasteiger partial charge in [-0.2, -0.15) is 0 Å². The van der Waals surface area contributed by atoms with E-state index in [1.807, 2.05) is 0 Å². The van der Waals surface area contributed by atoms with Crippen LogP contribution in [-0.2, 0) is 21.4 Å². The summed E-state index contributed by atoms with van der Waals surface area (Å²) in [4.78, 5) is 24.0. The molecule has 0 atom stereocenters. The molecule has 0 spiro atoms. The molecular formula is C20H21FN2O2. The van der Waals surface area contributed by atoms with Crippen LogP contribution in [0, 0.1) is 5.82 Å². The highest BCUT2D eigenvalue weighted by atomic mass is 19.1. The van der Waals surface area contributed by atoms with E-state index in [2.05, 4.69) is 5.32 Å². The molecule has 0 bridgehead atoms. The first-order chi connectivity index (χ1) is 12.0. The van der Waals surface area contributed by atoms with Crippen molar-refractivity contribution in [3.05, 3.63) is 65.5 Å². The Hall–Kier alpha value is -2.69. The highest BCUT2D eigenvalue weighted by molar-refractivity contribution is 5.99. The summed E-state index contributed by atoms with van der Waals surface area (Å²) in [6.45, 7) is 0. The summed E-state index contributed by atoms with van der Waals surface area (Å²) >= 11 is 0. The van der Waals surface area contributed by atoms with E-state index in [1.165, 1.54) is 6.07 Å². The summed E-state index contributed by atoms with van der Waals surface area (Å²) in [5.41, 5.74) is 6.24. The summed E-state index contributed by atoms with van der Waals surface area (Å²) in [6, 6.07) is 13.5. The summed E-state index contributed by atoms with van der Waals surface area (Å²) in [5.74, 6) is -0.921. The number of carbonyl (C=O) groups excluding carboxylic acids is 2. The molecule has 1 saturated carbocycles. The minimum atomic E-state index is -0.822. The van der Waals surface area contributed by atoms with Gasteiger partial charge >= 0.3 is 0 Å². The van der Waals surface area contributed by atoms with Crippen LogP contribution < -0.4 is 11.1 Å². The Balaban J connectivity index is 1.83. The Morgan fingerprint density at radius 2 is 1.68 bits per heavy atom. The van der Waals surface area contributed by atoms with Crippen LogP contribution in [0.2, 0.25) is 0 Å². The van der Waals surface area contributed by atoms with Gasteiger partial charge in [0.25, 0.3) is 0 Å². The largest absolute Gasteiger partial charge is 0.369 e. The van der Waals surface area contributed by atoms with E-state index in [1.54, 1.807) is 42.5 Å². The topological polar surface area (TPSA) is 72.2 Å². The van der Waals surface area contributed by atoms with Crippen LogP contribution in [-0.4, -0.2) is 11.8 Å². The molecule has 0 heterocycles. The Morgan fingerprint density at radius 3 is 2.28 bits per heavy atom. The van der Waals surface area contributed by atoms with E-state index in [0.29, 0.717) is 24.1 Å². The molecule has 3 N–H and O–H groups in total. The first-order valence-electron chi connectivity index (χ1n) is 8.45. The van der Waals surface area contributed by atoms with Crippen LogP contribution in [0.5, 0.6) is 0 Å². The lowest BCUT2D eigenvalue weighted by molar-refractivity contribution is -0.121. The third-order valence-electron chi connectivity index (χ3n) is 4.87. The predicted octanol–water partition coefficient (Wildman–Crippen LogP) is 3.30. The fourth-order valence-corrected chi connectivity index (χ4v) is 3.60. The maximum Gasteiger partial charge on any atom is 0.235 e. The van der Waals surface area contributed by atoms with Crippen molar-refractivity contribution in [1.82, 2.24) is 0 Å². The molecule has 0 unspecified atom stereocenters. The number of hydrogen-bond acceptors (Lipinski definition) is 2. The molecule has 0 aromatic heterocycles. The van der Waals surface area contributed by atoms with E-state index in [4.69, 9.17) is 5.73 Å². The zero-order valence-corrected chi connectivity index (χ0v) is 13.9. The number of benzene rings is 2. The van der Waals surface area contributed by atoms with Crippen LogP contribution in [0.3, 0.4) is 0 Å². The van der Waals surface area contributed by atoms with Crippen molar-refractivity contribution in [1.29, 1.82) is 0 Å². The van der Waals surface area contributed by atoms with Gasteiger partial charge in [-0.25, -0.2) is 4.39 Å². The van der Waals surface area contributed by atoms with Crippen molar-refractivity contribution >= 4 is 17.5 Å². The molecular weight excluding hydrogens is 319 g/mol. The van der Waals surface area contributed by atoms with Gasteiger partial charge in [0.1, 0.15) is 5.82 Å². The van der Waals surface area contributed by atoms with Crippen LogP contribution in [0.15, 0.2) is 48.5 Å². The van der Waals surface area contributed by atoms with Crippen LogP contribution in [0.4, 0.5) is 10.1 Å².